The number of ether oxygens (including phenoxy) is 4. The van der Waals surface area contributed by atoms with E-state index in [0.717, 1.165) is 5.56 Å². The molecule has 11 heteroatoms. The third kappa shape index (κ3) is 5.99. The molecule has 3 aromatic carbocycles. The molecule has 186 valence electrons. The SMILES string of the molecule is COc1cccc(/C=N\NC(=O)C(=O)NCc2ccc3c(c2)OCO3)c1OCc1c(Cl)cccc1Cl. The van der Waals surface area contributed by atoms with Crippen LogP contribution >= 0.6 is 23.2 Å². The Bertz CT molecular complexity index is 1290. The predicted octanol–water partition coefficient (Wildman–Crippen LogP) is 4.08. The average molecular weight is 530 g/mol. The van der Waals surface area contributed by atoms with Gasteiger partial charge in [0.05, 0.1) is 13.3 Å². The van der Waals surface area contributed by atoms with Crippen molar-refractivity contribution in [2.24, 2.45) is 5.10 Å². The summed E-state index contributed by atoms with van der Waals surface area (Å²) in [5.41, 5.74) is 4.06. The molecule has 3 aromatic rings. The maximum atomic E-state index is 12.2. The van der Waals surface area contributed by atoms with Crippen molar-refractivity contribution in [2.75, 3.05) is 13.9 Å². The van der Waals surface area contributed by atoms with Crippen molar-refractivity contribution in [2.45, 2.75) is 13.2 Å². The van der Waals surface area contributed by atoms with Crippen molar-refractivity contribution in [1.29, 1.82) is 0 Å². The second-order valence-corrected chi connectivity index (χ2v) is 8.25. The van der Waals surface area contributed by atoms with Gasteiger partial charge in [-0.2, -0.15) is 5.10 Å². The number of halogens is 2. The molecule has 36 heavy (non-hydrogen) atoms. The van der Waals surface area contributed by atoms with Crippen molar-refractivity contribution in [3.8, 4) is 23.0 Å². The van der Waals surface area contributed by atoms with Crippen LogP contribution in [0.2, 0.25) is 10.0 Å². The maximum absolute atomic E-state index is 12.2. The molecule has 0 bridgehead atoms. The summed E-state index contributed by atoms with van der Waals surface area (Å²) in [7, 11) is 1.50. The number of methoxy groups -OCH3 is 1. The molecule has 0 spiro atoms. The van der Waals surface area contributed by atoms with Crippen LogP contribution in [0.25, 0.3) is 0 Å². The van der Waals surface area contributed by atoms with E-state index >= 15 is 0 Å². The molecule has 1 heterocycles. The van der Waals surface area contributed by atoms with E-state index in [1.807, 2.05) is 0 Å². The zero-order valence-corrected chi connectivity index (χ0v) is 20.6. The molecule has 0 radical (unpaired) electrons. The third-order valence-corrected chi connectivity index (χ3v) is 5.83. The molecule has 0 saturated carbocycles. The molecule has 1 aliphatic heterocycles. The Morgan fingerprint density at radius 1 is 1.03 bits per heavy atom. The molecule has 1 aliphatic rings. The summed E-state index contributed by atoms with van der Waals surface area (Å²) in [6, 6.07) is 15.6. The number of nitrogens with zero attached hydrogens (tertiary/aromatic N) is 1. The monoisotopic (exact) mass is 529 g/mol. The molecule has 0 fully saturated rings. The quantitative estimate of drug-likeness (QED) is 0.258. The van der Waals surface area contributed by atoms with E-state index in [4.69, 9.17) is 42.1 Å². The molecule has 0 saturated heterocycles. The van der Waals surface area contributed by atoms with Crippen LogP contribution in [0.5, 0.6) is 23.0 Å². The van der Waals surface area contributed by atoms with Gasteiger partial charge in [0.2, 0.25) is 6.79 Å². The highest BCUT2D eigenvalue weighted by Gasteiger charge is 2.16. The van der Waals surface area contributed by atoms with Crippen LogP contribution in [-0.4, -0.2) is 31.9 Å². The Morgan fingerprint density at radius 3 is 2.56 bits per heavy atom. The molecule has 0 unspecified atom stereocenters. The first-order valence-corrected chi connectivity index (χ1v) is 11.4. The normalized spacial score (nSPS) is 11.9. The molecule has 0 aliphatic carbocycles. The van der Waals surface area contributed by atoms with Gasteiger partial charge in [0.1, 0.15) is 6.61 Å². The van der Waals surface area contributed by atoms with Gasteiger partial charge in [0.25, 0.3) is 0 Å². The first-order valence-electron chi connectivity index (χ1n) is 10.7. The van der Waals surface area contributed by atoms with Crippen molar-refractivity contribution < 1.29 is 28.5 Å². The van der Waals surface area contributed by atoms with Crippen LogP contribution in [0.15, 0.2) is 59.7 Å². The number of amides is 2. The highest BCUT2D eigenvalue weighted by molar-refractivity contribution is 6.36. The molecule has 0 atom stereocenters. The highest BCUT2D eigenvalue weighted by atomic mass is 35.5. The van der Waals surface area contributed by atoms with Gasteiger partial charge in [-0.3, -0.25) is 9.59 Å². The smallest absolute Gasteiger partial charge is 0.329 e. The van der Waals surface area contributed by atoms with E-state index < -0.39 is 11.8 Å². The molecule has 9 nitrogen and oxygen atoms in total. The fourth-order valence-electron chi connectivity index (χ4n) is 3.29. The summed E-state index contributed by atoms with van der Waals surface area (Å²) in [6.07, 6.45) is 1.34. The summed E-state index contributed by atoms with van der Waals surface area (Å²) in [5, 5.41) is 7.34. The highest BCUT2D eigenvalue weighted by Crippen LogP contribution is 2.33. The number of hydrogen-bond acceptors (Lipinski definition) is 7. The van der Waals surface area contributed by atoms with E-state index in [2.05, 4.69) is 15.8 Å². The van der Waals surface area contributed by atoms with Crippen LogP contribution in [0, 0.1) is 0 Å². The standard InChI is InChI=1S/C25H21Cl2N3O6/c1-33-21-7-2-4-16(23(21)34-13-17-18(26)5-3-6-19(17)27)12-29-30-25(32)24(31)28-11-15-8-9-20-22(10-15)36-14-35-20/h2-10,12H,11,13-14H2,1H3,(H,28,31)(H,30,32)/b29-12-. The molecule has 0 aromatic heterocycles. The molecular weight excluding hydrogens is 509 g/mol. The van der Waals surface area contributed by atoms with E-state index in [9.17, 15) is 9.59 Å². The van der Waals surface area contributed by atoms with Crippen molar-refractivity contribution in [3.63, 3.8) is 0 Å². The van der Waals surface area contributed by atoms with Crippen LogP contribution in [0.3, 0.4) is 0 Å². The summed E-state index contributed by atoms with van der Waals surface area (Å²) in [5.74, 6) is 0.244. The summed E-state index contributed by atoms with van der Waals surface area (Å²) >= 11 is 12.5. The van der Waals surface area contributed by atoms with Crippen molar-refractivity contribution in [3.05, 3.63) is 81.3 Å². The lowest BCUT2D eigenvalue weighted by Gasteiger charge is -2.14. The minimum Gasteiger partial charge on any atom is -0.493 e. The average Bonchev–Trinajstić information content (AvgIpc) is 3.35. The lowest BCUT2D eigenvalue weighted by molar-refractivity contribution is -0.139. The van der Waals surface area contributed by atoms with Gasteiger partial charge in [-0.15, -0.1) is 0 Å². The number of fused-ring (bicyclic) bond motifs is 1. The van der Waals surface area contributed by atoms with Gasteiger partial charge in [0.15, 0.2) is 23.0 Å². The topological polar surface area (TPSA) is 107 Å². The number of benzene rings is 3. The summed E-state index contributed by atoms with van der Waals surface area (Å²) in [6.45, 7) is 0.360. The van der Waals surface area contributed by atoms with Gasteiger partial charge >= 0.3 is 11.8 Å². The predicted molar refractivity (Wildman–Crippen MR) is 134 cm³/mol. The second kappa shape index (κ2) is 11.7. The van der Waals surface area contributed by atoms with Gasteiger partial charge in [0, 0.05) is 27.7 Å². The van der Waals surface area contributed by atoms with Crippen LogP contribution in [-0.2, 0) is 22.7 Å². The third-order valence-electron chi connectivity index (χ3n) is 5.12. The Labute approximate surface area is 216 Å². The number of carbonyl (C=O) groups excluding carboxylic acids is 2. The van der Waals surface area contributed by atoms with Crippen LogP contribution in [0.1, 0.15) is 16.7 Å². The number of rotatable bonds is 8. The minimum atomic E-state index is -0.930. The van der Waals surface area contributed by atoms with Crippen LogP contribution < -0.4 is 29.7 Å². The van der Waals surface area contributed by atoms with Crippen molar-refractivity contribution >= 4 is 41.2 Å². The first-order chi connectivity index (χ1) is 17.5. The molecule has 4 rings (SSSR count). The lowest BCUT2D eigenvalue weighted by Crippen LogP contribution is -2.37. The van der Waals surface area contributed by atoms with Crippen molar-refractivity contribution in [1.82, 2.24) is 10.7 Å². The largest absolute Gasteiger partial charge is 0.493 e. The van der Waals surface area contributed by atoms with E-state index in [1.54, 1.807) is 54.6 Å². The number of hydrogen-bond donors (Lipinski definition) is 2. The Balaban J connectivity index is 1.36. The second-order valence-electron chi connectivity index (χ2n) is 7.44. The number of hydrazone groups is 1. The Morgan fingerprint density at radius 2 is 1.78 bits per heavy atom. The first kappa shape index (κ1) is 25.2. The Kier molecular flexibility index (Phi) is 8.14. The number of para-hydroxylation sites is 1. The zero-order valence-electron chi connectivity index (χ0n) is 19.0. The fourth-order valence-corrected chi connectivity index (χ4v) is 3.80. The maximum Gasteiger partial charge on any atom is 0.329 e. The summed E-state index contributed by atoms with van der Waals surface area (Å²) in [4.78, 5) is 24.3. The van der Waals surface area contributed by atoms with Gasteiger partial charge in [-0.05, 0) is 42.0 Å². The number of carbonyl (C=O) groups is 2. The van der Waals surface area contributed by atoms with Gasteiger partial charge in [-0.25, -0.2) is 5.43 Å². The van der Waals surface area contributed by atoms with E-state index in [0.29, 0.717) is 44.2 Å². The fraction of sp³-hybridized carbons (Fsp3) is 0.160. The molecular formula is C25H21Cl2N3O6. The summed E-state index contributed by atoms with van der Waals surface area (Å²) < 4.78 is 21.9. The zero-order chi connectivity index (χ0) is 25.5. The van der Waals surface area contributed by atoms with E-state index in [1.165, 1.54) is 13.3 Å². The van der Waals surface area contributed by atoms with Gasteiger partial charge < -0.3 is 24.3 Å². The minimum absolute atomic E-state index is 0.0777. The number of nitrogens with one attached hydrogen (secondary N) is 2. The van der Waals surface area contributed by atoms with Gasteiger partial charge in [-0.1, -0.05) is 41.4 Å². The van der Waals surface area contributed by atoms with Crippen LogP contribution in [0.4, 0.5) is 0 Å². The molecule has 2 amide bonds. The van der Waals surface area contributed by atoms with E-state index in [-0.39, 0.29) is 19.9 Å². The Hall–Kier alpha value is -3.95. The lowest BCUT2D eigenvalue weighted by atomic mass is 10.2. The molecule has 2 N–H and O–H groups in total.